The molecule has 0 bridgehead atoms. The second-order valence-corrected chi connectivity index (χ2v) is 6.69. The van der Waals surface area contributed by atoms with Crippen molar-refractivity contribution in [3.05, 3.63) is 53.6 Å². The van der Waals surface area contributed by atoms with Crippen molar-refractivity contribution >= 4 is 22.9 Å². The zero-order valence-electron chi connectivity index (χ0n) is 14.2. The van der Waals surface area contributed by atoms with Crippen LogP contribution in [0.1, 0.15) is 41.0 Å². The van der Waals surface area contributed by atoms with Gasteiger partial charge in [-0.15, -0.1) is 0 Å². The van der Waals surface area contributed by atoms with E-state index < -0.39 is 0 Å². The average molecular weight is 334 g/mol. The summed E-state index contributed by atoms with van der Waals surface area (Å²) in [6.45, 7) is 4.59. The molecule has 25 heavy (non-hydrogen) atoms. The van der Waals surface area contributed by atoms with Gasteiger partial charge in [0.15, 0.2) is 5.58 Å². The third kappa shape index (κ3) is 2.61. The number of imide groups is 1. The summed E-state index contributed by atoms with van der Waals surface area (Å²) in [6.07, 6.45) is 0.795. The molecule has 0 spiro atoms. The number of carbonyl (C=O) groups is 2. The summed E-state index contributed by atoms with van der Waals surface area (Å²) < 4.78 is 5.76. The molecule has 0 saturated carbocycles. The van der Waals surface area contributed by atoms with Crippen LogP contribution in [0.15, 0.2) is 46.9 Å². The van der Waals surface area contributed by atoms with Gasteiger partial charge in [-0.3, -0.25) is 14.5 Å². The summed E-state index contributed by atoms with van der Waals surface area (Å²) in [7, 11) is 0. The van der Waals surface area contributed by atoms with Crippen molar-refractivity contribution in [3.63, 3.8) is 0 Å². The highest BCUT2D eigenvalue weighted by Crippen LogP contribution is 2.30. The molecule has 0 radical (unpaired) electrons. The maximum atomic E-state index is 12.6. The average Bonchev–Trinajstić information content (AvgIpc) is 3.13. The second kappa shape index (κ2) is 5.84. The Kier molecular flexibility index (Phi) is 3.64. The Morgan fingerprint density at radius 3 is 2.56 bits per heavy atom. The number of rotatable bonds is 4. The van der Waals surface area contributed by atoms with Crippen LogP contribution in [0.3, 0.4) is 0 Å². The predicted molar refractivity (Wildman–Crippen MR) is 94.3 cm³/mol. The number of hydrogen-bond acceptors (Lipinski definition) is 4. The Labute approximate surface area is 145 Å². The Bertz CT molecular complexity index is 955. The zero-order valence-corrected chi connectivity index (χ0v) is 14.2. The third-order valence-electron chi connectivity index (χ3n) is 4.44. The topological polar surface area (TPSA) is 63.4 Å². The summed E-state index contributed by atoms with van der Waals surface area (Å²) in [5.74, 6) is 0.424. The minimum Gasteiger partial charge on any atom is -0.436 e. The number of benzene rings is 2. The molecule has 0 saturated heterocycles. The van der Waals surface area contributed by atoms with E-state index in [9.17, 15) is 9.59 Å². The summed E-state index contributed by atoms with van der Waals surface area (Å²) in [5.41, 5.74) is 3.03. The van der Waals surface area contributed by atoms with Crippen LogP contribution in [0, 0.1) is 5.92 Å². The van der Waals surface area contributed by atoms with E-state index in [1.165, 1.54) is 4.90 Å². The first-order chi connectivity index (χ1) is 12.0. The van der Waals surface area contributed by atoms with Gasteiger partial charge in [0.05, 0.1) is 11.1 Å². The SMILES string of the molecule is CC(C)CCN1C(=O)c2ccc(-c3nc4ccccc4o3)cc2C1=O. The molecule has 1 aliphatic rings. The van der Waals surface area contributed by atoms with Crippen molar-refractivity contribution < 1.29 is 14.0 Å². The number of amides is 2. The Balaban J connectivity index is 1.70. The Hall–Kier alpha value is -2.95. The Morgan fingerprint density at radius 2 is 1.80 bits per heavy atom. The first-order valence-corrected chi connectivity index (χ1v) is 8.41. The predicted octanol–water partition coefficient (Wildman–Crippen LogP) is 4.14. The van der Waals surface area contributed by atoms with Crippen molar-refractivity contribution in [2.45, 2.75) is 20.3 Å². The molecule has 1 aromatic heterocycles. The number of aromatic nitrogens is 1. The maximum absolute atomic E-state index is 12.6. The van der Waals surface area contributed by atoms with Gasteiger partial charge in [-0.25, -0.2) is 4.98 Å². The van der Waals surface area contributed by atoms with Crippen LogP contribution < -0.4 is 0 Å². The lowest BCUT2D eigenvalue weighted by molar-refractivity contribution is 0.0648. The van der Waals surface area contributed by atoms with Gasteiger partial charge in [-0.1, -0.05) is 26.0 Å². The molecule has 2 amide bonds. The normalized spacial score (nSPS) is 14.0. The number of oxazole rings is 1. The highest BCUT2D eigenvalue weighted by atomic mass is 16.3. The fourth-order valence-electron chi connectivity index (χ4n) is 3.01. The van der Waals surface area contributed by atoms with Gasteiger partial charge in [0, 0.05) is 12.1 Å². The molecule has 126 valence electrons. The van der Waals surface area contributed by atoms with Crippen molar-refractivity contribution in [3.8, 4) is 11.5 Å². The number of carbonyl (C=O) groups excluding carboxylic acids is 2. The number of para-hydroxylation sites is 2. The molecule has 1 aliphatic heterocycles. The quantitative estimate of drug-likeness (QED) is 0.673. The van der Waals surface area contributed by atoms with E-state index in [1.807, 2.05) is 24.3 Å². The van der Waals surface area contributed by atoms with Crippen molar-refractivity contribution in [1.82, 2.24) is 9.88 Å². The van der Waals surface area contributed by atoms with E-state index in [0.29, 0.717) is 40.6 Å². The van der Waals surface area contributed by atoms with E-state index in [-0.39, 0.29) is 11.8 Å². The van der Waals surface area contributed by atoms with Gasteiger partial charge in [-0.05, 0) is 42.7 Å². The van der Waals surface area contributed by atoms with Crippen LogP contribution in [-0.4, -0.2) is 28.2 Å². The molecule has 0 atom stereocenters. The molecular weight excluding hydrogens is 316 g/mol. The second-order valence-electron chi connectivity index (χ2n) is 6.69. The van der Waals surface area contributed by atoms with Crippen LogP contribution >= 0.6 is 0 Å². The molecule has 0 unspecified atom stereocenters. The molecule has 4 rings (SSSR count). The van der Waals surface area contributed by atoms with E-state index in [4.69, 9.17) is 4.42 Å². The standard InChI is InChI=1S/C20H18N2O3/c1-12(2)9-10-22-19(23)14-8-7-13(11-15(14)20(22)24)18-21-16-5-3-4-6-17(16)25-18/h3-8,11-12H,9-10H2,1-2H3. The van der Waals surface area contributed by atoms with Gasteiger partial charge in [0.1, 0.15) is 5.52 Å². The molecule has 0 N–H and O–H groups in total. The molecular formula is C20H18N2O3. The van der Waals surface area contributed by atoms with Crippen LogP contribution in [0.5, 0.6) is 0 Å². The lowest BCUT2D eigenvalue weighted by atomic mass is 10.1. The molecule has 0 aliphatic carbocycles. The molecule has 5 nitrogen and oxygen atoms in total. The first kappa shape index (κ1) is 15.6. The Morgan fingerprint density at radius 1 is 1.04 bits per heavy atom. The highest BCUT2D eigenvalue weighted by Gasteiger charge is 2.35. The summed E-state index contributed by atoms with van der Waals surface area (Å²) in [4.78, 5) is 30.9. The van der Waals surface area contributed by atoms with Gasteiger partial charge < -0.3 is 4.42 Å². The van der Waals surface area contributed by atoms with Crippen molar-refractivity contribution in [2.75, 3.05) is 6.54 Å². The maximum Gasteiger partial charge on any atom is 0.261 e. The number of fused-ring (bicyclic) bond motifs is 2. The zero-order chi connectivity index (χ0) is 17.6. The lowest BCUT2D eigenvalue weighted by Gasteiger charge is -2.14. The first-order valence-electron chi connectivity index (χ1n) is 8.41. The van der Waals surface area contributed by atoms with E-state index in [0.717, 1.165) is 11.9 Å². The molecule has 2 aromatic carbocycles. The summed E-state index contributed by atoms with van der Waals surface area (Å²) >= 11 is 0. The fraction of sp³-hybridized carbons (Fsp3) is 0.250. The van der Waals surface area contributed by atoms with Gasteiger partial charge >= 0.3 is 0 Å². The third-order valence-corrected chi connectivity index (χ3v) is 4.44. The number of hydrogen-bond donors (Lipinski definition) is 0. The van der Waals surface area contributed by atoms with Crippen molar-refractivity contribution in [1.29, 1.82) is 0 Å². The van der Waals surface area contributed by atoms with Crippen LogP contribution in [0.25, 0.3) is 22.6 Å². The summed E-state index contributed by atoms with van der Waals surface area (Å²) in [6, 6.07) is 12.7. The van der Waals surface area contributed by atoms with E-state index in [1.54, 1.807) is 18.2 Å². The molecule has 3 aromatic rings. The van der Waals surface area contributed by atoms with Crippen LogP contribution in [-0.2, 0) is 0 Å². The van der Waals surface area contributed by atoms with Crippen LogP contribution in [0.4, 0.5) is 0 Å². The largest absolute Gasteiger partial charge is 0.436 e. The highest BCUT2D eigenvalue weighted by molar-refractivity contribution is 6.21. The minimum atomic E-state index is -0.237. The lowest BCUT2D eigenvalue weighted by Crippen LogP contribution is -2.31. The molecule has 5 heteroatoms. The smallest absolute Gasteiger partial charge is 0.261 e. The molecule has 0 fully saturated rings. The van der Waals surface area contributed by atoms with Gasteiger partial charge in [0.25, 0.3) is 11.8 Å². The van der Waals surface area contributed by atoms with Crippen molar-refractivity contribution in [2.24, 2.45) is 5.92 Å². The number of nitrogens with zero attached hydrogens (tertiary/aromatic N) is 2. The van der Waals surface area contributed by atoms with E-state index in [2.05, 4.69) is 18.8 Å². The van der Waals surface area contributed by atoms with E-state index >= 15 is 0 Å². The monoisotopic (exact) mass is 334 g/mol. The fourth-order valence-corrected chi connectivity index (χ4v) is 3.01. The van der Waals surface area contributed by atoms with Crippen LogP contribution in [0.2, 0.25) is 0 Å². The molecule has 2 heterocycles. The van der Waals surface area contributed by atoms with Gasteiger partial charge in [-0.2, -0.15) is 0 Å². The van der Waals surface area contributed by atoms with Gasteiger partial charge in [0.2, 0.25) is 5.89 Å². The minimum absolute atomic E-state index is 0.218. The summed E-state index contributed by atoms with van der Waals surface area (Å²) in [5, 5.41) is 0.